The molecule has 1 aromatic heterocycles. The summed E-state index contributed by atoms with van der Waals surface area (Å²) in [6.07, 6.45) is 3.46. The summed E-state index contributed by atoms with van der Waals surface area (Å²) in [6, 6.07) is 3.85. The Morgan fingerprint density at radius 2 is 1.82 bits per heavy atom. The molecule has 2 rings (SSSR count). The van der Waals surface area contributed by atoms with E-state index in [1.807, 2.05) is 39.8 Å². The summed E-state index contributed by atoms with van der Waals surface area (Å²) < 4.78 is 12.0. The van der Waals surface area contributed by atoms with Gasteiger partial charge in [-0.2, -0.15) is 0 Å². The van der Waals surface area contributed by atoms with E-state index in [-0.39, 0.29) is 18.3 Å². The molecule has 17 heavy (non-hydrogen) atoms. The van der Waals surface area contributed by atoms with Crippen LogP contribution in [0, 0.1) is 0 Å². The Morgan fingerprint density at radius 3 is 2.35 bits per heavy atom. The van der Waals surface area contributed by atoms with Crippen LogP contribution in [0.15, 0.2) is 24.9 Å². The highest BCUT2D eigenvalue weighted by Gasteiger charge is 2.52. The Kier molecular flexibility index (Phi) is 2.88. The number of hydrogen-bond donors (Lipinski definition) is 0. The van der Waals surface area contributed by atoms with E-state index in [2.05, 4.69) is 11.6 Å². The summed E-state index contributed by atoms with van der Waals surface area (Å²) in [5.41, 5.74) is 1.09. The minimum Gasteiger partial charge on any atom is -0.399 e. The Morgan fingerprint density at radius 1 is 1.24 bits per heavy atom. The van der Waals surface area contributed by atoms with E-state index in [1.165, 1.54) is 0 Å². The van der Waals surface area contributed by atoms with Crippen molar-refractivity contribution >= 4 is 18.7 Å². The lowest BCUT2D eigenvalue weighted by Crippen LogP contribution is -2.41. The molecule has 1 aliphatic rings. The Labute approximate surface area is 103 Å². The van der Waals surface area contributed by atoms with Gasteiger partial charge in [0.25, 0.3) is 0 Å². The maximum Gasteiger partial charge on any atom is 0.497 e. The van der Waals surface area contributed by atoms with Gasteiger partial charge in [0.1, 0.15) is 0 Å². The van der Waals surface area contributed by atoms with E-state index in [0.717, 1.165) is 11.2 Å². The molecule has 4 heteroatoms. The van der Waals surface area contributed by atoms with Gasteiger partial charge < -0.3 is 9.31 Å². The maximum absolute atomic E-state index is 5.98. The summed E-state index contributed by atoms with van der Waals surface area (Å²) in [4.78, 5) is 4.26. The van der Waals surface area contributed by atoms with Gasteiger partial charge in [0.05, 0.1) is 16.9 Å². The normalized spacial score (nSPS) is 21.5. The van der Waals surface area contributed by atoms with Crippen molar-refractivity contribution in [1.29, 1.82) is 0 Å². The van der Waals surface area contributed by atoms with Crippen LogP contribution in [0.2, 0.25) is 0 Å². The second kappa shape index (κ2) is 3.96. The lowest BCUT2D eigenvalue weighted by atomic mass is 9.78. The van der Waals surface area contributed by atoms with E-state index in [0.29, 0.717) is 0 Å². The predicted molar refractivity (Wildman–Crippen MR) is 70.0 cm³/mol. The maximum atomic E-state index is 5.98. The molecule has 0 N–H and O–H groups in total. The molecule has 3 nitrogen and oxygen atoms in total. The summed E-state index contributed by atoms with van der Waals surface area (Å²) >= 11 is 0. The third-order valence-electron chi connectivity index (χ3n) is 3.57. The Balaban J connectivity index is 2.35. The van der Waals surface area contributed by atoms with Crippen molar-refractivity contribution in [2.75, 3.05) is 0 Å². The van der Waals surface area contributed by atoms with E-state index < -0.39 is 0 Å². The van der Waals surface area contributed by atoms with Gasteiger partial charge in [-0.05, 0) is 39.8 Å². The van der Waals surface area contributed by atoms with Crippen molar-refractivity contribution in [2.24, 2.45) is 0 Å². The first kappa shape index (κ1) is 12.3. The molecular formula is C13H18BNO2. The zero-order valence-corrected chi connectivity index (χ0v) is 10.9. The van der Waals surface area contributed by atoms with Gasteiger partial charge in [0, 0.05) is 11.7 Å². The van der Waals surface area contributed by atoms with Gasteiger partial charge in [-0.15, -0.1) is 0 Å². The molecule has 0 bridgehead atoms. The molecule has 0 atom stereocenters. The lowest BCUT2D eigenvalue weighted by Gasteiger charge is -2.32. The van der Waals surface area contributed by atoms with E-state index >= 15 is 0 Å². The molecule has 0 spiro atoms. The van der Waals surface area contributed by atoms with E-state index in [1.54, 1.807) is 12.3 Å². The fourth-order valence-electron chi connectivity index (χ4n) is 1.77. The van der Waals surface area contributed by atoms with Gasteiger partial charge >= 0.3 is 7.12 Å². The third kappa shape index (κ3) is 2.03. The fraction of sp³-hybridized carbons (Fsp3) is 0.462. The van der Waals surface area contributed by atoms with Crippen molar-refractivity contribution in [3.05, 3.63) is 30.6 Å². The van der Waals surface area contributed by atoms with Crippen LogP contribution in [-0.2, 0) is 9.31 Å². The van der Waals surface area contributed by atoms with Crippen molar-refractivity contribution in [3.63, 3.8) is 0 Å². The zero-order valence-electron chi connectivity index (χ0n) is 10.9. The molecule has 0 aliphatic carbocycles. The molecule has 0 aromatic carbocycles. The topological polar surface area (TPSA) is 31.4 Å². The van der Waals surface area contributed by atoms with Crippen molar-refractivity contribution in [3.8, 4) is 0 Å². The zero-order chi connectivity index (χ0) is 12.7. The number of rotatable bonds is 2. The van der Waals surface area contributed by atoms with Crippen LogP contribution in [-0.4, -0.2) is 23.3 Å². The second-order valence-corrected chi connectivity index (χ2v) is 5.27. The Bertz CT molecular complexity index is 427. The molecular weight excluding hydrogens is 213 g/mol. The van der Waals surface area contributed by atoms with Gasteiger partial charge in [0.15, 0.2) is 0 Å². The fourth-order valence-corrected chi connectivity index (χ4v) is 1.77. The third-order valence-corrected chi connectivity index (χ3v) is 3.57. The minimum absolute atomic E-state index is 0.327. The van der Waals surface area contributed by atoms with Gasteiger partial charge in [-0.25, -0.2) is 0 Å². The summed E-state index contributed by atoms with van der Waals surface area (Å²) in [5, 5.41) is 0. The van der Waals surface area contributed by atoms with Crippen LogP contribution in [0.1, 0.15) is 33.4 Å². The molecule has 0 radical (unpaired) electrons. The van der Waals surface area contributed by atoms with Crippen molar-refractivity contribution < 1.29 is 9.31 Å². The smallest absolute Gasteiger partial charge is 0.399 e. The second-order valence-electron chi connectivity index (χ2n) is 5.27. The van der Waals surface area contributed by atoms with Crippen LogP contribution in [0.4, 0.5) is 0 Å². The average Bonchev–Trinajstić information content (AvgIpc) is 2.48. The number of hydrogen-bond acceptors (Lipinski definition) is 3. The summed E-state index contributed by atoms with van der Waals surface area (Å²) in [5.74, 6) is 0. The highest BCUT2D eigenvalue weighted by atomic mass is 16.7. The molecule has 2 heterocycles. The number of nitrogens with zero attached hydrogens (tertiary/aromatic N) is 1. The molecule has 1 aliphatic heterocycles. The number of aromatic nitrogens is 1. The summed E-state index contributed by atoms with van der Waals surface area (Å²) in [6.45, 7) is 11.9. The molecule has 0 amide bonds. The molecule has 0 unspecified atom stereocenters. The molecule has 1 fully saturated rings. The van der Waals surface area contributed by atoms with Gasteiger partial charge in [0.2, 0.25) is 0 Å². The van der Waals surface area contributed by atoms with E-state index in [4.69, 9.17) is 9.31 Å². The van der Waals surface area contributed by atoms with Crippen molar-refractivity contribution in [1.82, 2.24) is 4.98 Å². The highest BCUT2D eigenvalue weighted by molar-refractivity contribution is 6.62. The number of pyridine rings is 1. The standard InChI is InChI=1S/C13H18BNO2/c1-6-11-10(8-7-9-15-11)14-16-12(2,3)13(4,5)17-14/h6-9H,1H2,2-5H3. The van der Waals surface area contributed by atoms with Crippen LogP contribution in [0.3, 0.4) is 0 Å². The monoisotopic (exact) mass is 231 g/mol. The first-order valence-electron chi connectivity index (χ1n) is 5.80. The molecule has 90 valence electrons. The van der Waals surface area contributed by atoms with E-state index in [9.17, 15) is 0 Å². The molecule has 0 saturated carbocycles. The average molecular weight is 231 g/mol. The van der Waals surface area contributed by atoms with Crippen LogP contribution < -0.4 is 5.46 Å². The quantitative estimate of drug-likeness (QED) is 0.729. The van der Waals surface area contributed by atoms with Gasteiger partial charge in [-0.3, -0.25) is 4.98 Å². The Hall–Kier alpha value is -1.13. The largest absolute Gasteiger partial charge is 0.497 e. The lowest BCUT2D eigenvalue weighted by molar-refractivity contribution is 0.00578. The van der Waals surface area contributed by atoms with Crippen LogP contribution >= 0.6 is 0 Å². The molecule has 1 aromatic rings. The van der Waals surface area contributed by atoms with Crippen molar-refractivity contribution in [2.45, 2.75) is 38.9 Å². The van der Waals surface area contributed by atoms with Gasteiger partial charge in [-0.1, -0.05) is 12.6 Å². The molecule has 1 saturated heterocycles. The first-order chi connectivity index (χ1) is 7.87. The predicted octanol–water partition coefficient (Wildman–Crippen LogP) is 2.02. The first-order valence-corrected chi connectivity index (χ1v) is 5.80. The summed E-state index contributed by atoms with van der Waals surface area (Å²) in [7, 11) is -0.373. The van der Waals surface area contributed by atoms with Crippen LogP contribution in [0.5, 0.6) is 0 Å². The SMILES string of the molecule is C=Cc1ncccc1B1OC(C)(C)C(C)(C)O1. The minimum atomic E-state index is -0.373. The van der Waals surface area contributed by atoms with Crippen LogP contribution in [0.25, 0.3) is 6.08 Å². The highest BCUT2D eigenvalue weighted by Crippen LogP contribution is 2.36.